The Balaban J connectivity index is 2.21. The summed E-state index contributed by atoms with van der Waals surface area (Å²) >= 11 is 0. The number of hydrogen-bond donors (Lipinski definition) is 1. The second kappa shape index (κ2) is 5.49. The highest BCUT2D eigenvalue weighted by molar-refractivity contribution is 5.35. The topological polar surface area (TPSA) is 20.2 Å². The Morgan fingerprint density at radius 3 is 2.62 bits per heavy atom. The molecular weight excluding hydrogens is 196 g/mol. The lowest BCUT2D eigenvalue weighted by atomic mass is 9.86. The Labute approximate surface area is 98.5 Å². The molecule has 0 bridgehead atoms. The van der Waals surface area contributed by atoms with Gasteiger partial charge in [-0.1, -0.05) is 31.5 Å². The molecule has 0 spiro atoms. The van der Waals surface area contributed by atoms with Gasteiger partial charge in [0.05, 0.1) is 0 Å². The first-order chi connectivity index (χ1) is 7.85. The Hall–Kier alpha value is -0.820. The molecule has 1 unspecified atom stereocenters. The molecule has 1 aromatic rings. The average molecular weight is 218 g/mol. The molecule has 1 aliphatic carbocycles. The number of fused-ring (bicyclic) bond motifs is 1. The van der Waals surface area contributed by atoms with Crippen molar-refractivity contribution in [1.29, 1.82) is 0 Å². The molecule has 0 saturated heterocycles. The molecule has 1 heteroatoms. The Bertz CT molecular complexity index is 343. The molecule has 1 aliphatic rings. The minimum atomic E-state index is 0.284. The molecule has 0 aliphatic heterocycles. The highest BCUT2D eigenvalue weighted by Gasteiger charge is 2.14. The van der Waals surface area contributed by atoms with Gasteiger partial charge in [-0.2, -0.15) is 0 Å². The first-order valence-electron chi connectivity index (χ1n) is 6.57. The van der Waals surface area contributed by atoms with Gasteiger partial charge in [0.25, 0.3) is 0 Å². The molecule has 1 N–H and O–H groups in total. The maximum absolute atomic E-state index is 9.41. The summed E-state index contributed by atoms with van der Waals surface area (Å²) in [5, 5.41) is 9.41. The van der Waals surface area contributed by atoms with Crippen molar-refractivity contribution in [3.05, 3.63) is 34.9 Å². The van der Waals surface area contributed by atoms with Crippen LogP contribution in [0, 0.1) is 0 Å². The molecule has 0 radical (unpaired) electrons. The third kappa shape index (κ3) is 2.46. The monoisotopic (exact) mass is 218 g/mol. The van der Waals surface area contributed by atoms with E-state index in [9.17, 15) is 5.11 Å². The van der Waals surface area contributed by atoms with E-state index in [4.69, 9.17) is 0 Å². The van der Waals surface area contributed by atoms with E-state index in [0.717, 1.165) is 12.8 Å². The lowest BCUT2D eigenvalue weighted by Gasteiger charge is -2.20. The zero-order chi connectivity index (χ0) is 11.4. The fourth-order valence-electron chi connectivity index (χ4n) is 2.72. The van der Waals surface area contributed by atoms with Crippen LogP contribution in [0.4, 0.5) is 0 Å². The first kappa shape index (κ1) is 11.7. The van der Waals surface area contributed by atoms with Gasteiger partial charge in [0, 0.05) is 12.5 Å². The van der Waals surface area contributed by atoms with Crippen LogP contribution < -0.4 is 0 Å². The van der Waals surface area contributed by atoms with Crippen molar-refractivity contribution < 1.29 is 5.11 Å². The van der Waals surface area contributed by atoms with Crippen molar-refractivity contribution in [3.63, 3.8) is 0 Å². The van der Waals surface area contributed by atoms with E-state index in [-0.39, 0.29) is 6.61 Å². The Morgan fingerprint density at radius 1 is 1.19 bits per heavy atom. The van der Waals surface area contributed by atoms with E-state index in [0.29, 0.717) is 5.92 Å². The zero-order valence-electron chi connectivity index (χ0n) is 10.2. The molecule has 1 nitrogen and oxygen atoms in total. The largest absolute Gasteiger partial charge is 0.396 e. The third-order valence-electron chi connectivity index (χ3n) is 3.70. The molecule has 0 heterocycles. The molecule has 0 fully saturated rings. The predicted molar refractivity (Wildman–Crippen MR) is 67.8 cm³/mol. The van der Waals surface area contributed by atoms with Gasteiger partial charge in [-0.3, -0.25) is 0 Å². The molecular formula is C15H22O. The van der Waals surface area contributed by atoms with Crippen LogP contribution in [0.1, 0.15) is 55.2 Å². The second-order valence-electron chi connectivity index (χ2n) is 4.90. The smallest absolute Gasteiger partial charge is 0.0499 e. The maximum atomic E-state index is 9.41. The van der Waals surface area contributed by atoms with E-state index < -0.39 is 0 Å². The van der Waals surface area contributed by atoms with Crippen molar-refractivity contribution in [3.8, 4) is 0 Å². The summed E-state index contributed by atoms with van der Waals surface area (Å²) in [4.78, 5) is 0. The number of rotatable bonds is 4. The van der Waals surface area contributed by atoms with E-state index >= 15 is 0 Å². The molecule has 2 rings (SSSR count). The van der Waals surface area contributed by atoms with Crippen LogP contribution in [0.2, 0.25) is 0 Å². The van der Waals surface area contributed by atoms with Crippen molar-refractivity contribution in [1.82, 2.24) is 0 Å². The summed E-state index contributed by atoms with van der Waals surface area (Å²) in [6.45, 7) is 2.47. The van der Waals surface area contributed by atoms with Crippen LogP contribution >= 0.6 is 0 Å². The SMILES string of the molecule is CCCC(CO)c1ccc2c(c1)CCCC2. The van der Waals surface area contributed by atoms with Gasteiger partial charge in [-0.15, -0.1) is 0 Å². The number of benzene rings is 1. The maximum Gasteiger partial charge on any atom is 0.0499 e. The molecule has 1 aromatic carbocycles. The van der Waals surface area contributed by atoms with Crippen LogP contribution in [0.5, 0.6) is 0 Å². The molecule has 88 valence electrons. The third-order valence-corrected chi connectivity index (χ3v) is 3.70. The summed E-state index contributed by atoms with van der Waals surface area (Å²) in [5.41, 5.74) is 4.39. The highest BCUT2D eigenvalue weighted by Crippen LogP contribution is 2.27. The minimum absolute atomic E-state index is 0.284. The van der Waals surface area contributed by atoms with Gasteiger partial charge in [-0.05, 0) is 48.8 Å². The van der Waals surface area contributed by atoms with E-state index in [1.165, 1.54) is 42.4 Å². The minimum Gasteiger partial charge on any atom is -0.396 e. The lowest BCUT2D eigenvalue weighted by molar-refractivity contribution is 0.258. The number of aryl methyl sites for hydroxylation is 2. The fraction of sp³-hybridized carbons (Fsp3) is 0.600. The van der Waals surface area contributed by atoms with Gasteiger partial charge >= 0.3 is 0 Å². The van der Waals surface area contributed by atoms with Gasteiger partial charge < -0.3 is 5.11 Å². The number of aliphatic hydroxyl groups is 1. The van der Waals surface area contributed by atoms with Gasteiger partial charge in [0.2, 0.25) is 0 Å². The van der Waals surface area contributed by atoms with E-state index in [2.05, 4.69) is 25.1 Å². The molecule has 1 atom stereocenters. The Morgan fingerprint density at radius 2 is 1.94 bits per heavy atom. The average Bonchev–Trinajstić information content (AvgIpc) is 2.35. The van der Waals surface area contributed by atoms with Crippen molar-refractivity contribution >= 4 is 0 Å². The zero-order valence-corrected chi connectivity index (χ0v) is 10.2. The fourth-order valence-corrected chi connectivity index (χ4v) is 2.72. The summed E-state index contributed by atoms with van der Waals surface area (Å²) in [6, 6.07) is 6.84. The van der Waals surface area contributed by atoms with Crippen molar-refractivity contribution in [2.24, 2.45) is 0 Å². The number of hydrogen-bond acceptors (Lipinski definition) is 1. The normalized spacial score (nSPS) is 16.9. The van der Waals surface area contributed by atoms with Gasteiger partial charge in [0.1, 0.15) is 0 Å². The van der Waals surface area contributed by atoms with Gasteiger partial charge in [0.15, 0.2) is 0 Å². The van der Waals surface area contributed by atoms with Gasteiger partial charge in [-0.25, -0.2) is 0 Å². The molecule has 0 amide bonds. The summed E-state index contributed by atoms with van der Waals surface area (Å²) in [6.07, 6.45) is 7.37. The summed E-state index contributed by atoms with van der Waals surface area (Å²) in [7, 11) is 0. The molecule has 0 saturated carbocycles. The van der Waals surface area contributed by atoms with Crippen molar-refractivity contribution in [2.45, 2.75) is 51.4 Å². The Kier molecular flexibility index (Phi) is 4.00. The van der Waals surface area contributed by atoms with E-state index in [1.54, 1.807) is 0 Å². The van der Waals surface area contributed by atoms with Crippen molar-refractivity contribution in [2.75, 3.05) is 6.61 Å². The number of aliphatic hydroxyl groups excluding tert-OH is 1. The van der Waals surface area contributed by atoms with Crippen LogP contribution in [-0.2, 0) is 12.8 Å². The standard InChI is InChI=1S/C15H22O/c1-2-5-15(11-16)14-9-8-12-6-3-4-7-13(12)10-14/h8-10,15-16H,2-7,11H2,1H3. The predicted octanol–water partition coefficient (Wildman–Crippen LogP) is 3.44. The van der Waals surface area contributed by atoms with Crippen LogP contribution in [-0.4, -0.2) is 11.7 Å². The van der Waals surface area contributed by atoms with E-state index in [1.807, 2.05) is 0 Å². The molecule has 0 aromatic heterocycles. The van der Waals surface area contributed by atoms with Crippen LogP contribution in [0.25, 0.3) is 0 Å². The lowest BCUT2D eigenvalue weighted by Crippen LogP contribution is -2.08. The highest BCUT2D eigenvalue weighted by atomic mass is 16.3. The quantitative estimate of drug-likeness (QED) is 0.820. The first-order valence-corrected chi connectivity index (χ1v) is 6.57. The molecule has 16 heavy (non-hydrogen) atoms. The second-order valence-corrected chi connectivity index (χ2v) is 4.90. The van der Waals surface area contributed by atoms with Crippen LogP contribution in [0.15, 0.2) is 18.2 Å². The summed E-state index contributed by atoms with van der Waals surface area (Å²) in [5.74, 6) is 0.345. The van der Waals surface area contributed by atoms with Crippen LogP contribution in [0.3, 0.4) is 0 Å². The summed E-state index contributed by atoms with van der Waals surface area (Å²) < 4.78 is 0.